The molecule has 92 valence electrons. The Hall–Kier alpha value is -1.02. The van der Waals surface area contributed by atoms with Crippen molar-refractivity contribution >= 4 is 39.1 Å². The zero-order chi connectivity index (χ0) is 13.1. The molecule has 1 aromatic heterocycles. The second-order valence-electron chi connectivity index (χ2n) is 3.59. The van der Waals surface area contributed by atoms with Crippen molar-refractivity contribution in [3.8, 4) is 17.5 Å². The molecule has 2 rings (SSSR count). The van der Waals surface area contributed by atoms with Crippen LogP contribution in [0.2, 0.25) is 10.3 Å². The molecule has 0 aliphatic heterocycles. The quantitative estimate of drug-likeness (QED) is 0.780. The molecular formula is C12H8BrCl2N3. The number of rotatable bonds is 3. The van der Waals surface area contributed by atoms with E-state index in [-0.39, 0.29) is 16.9 Å². The maximum atomic E-state index is 8.80. The minimum atomic E-state index is 0.119. The number of hydrogen-bond donors (Lipinski definition) is 0. The summed E-state index contributed by atoms with van der Waals surface area (Å²) in [5, 5.41) is 10.1. The first-order chi connectivity index (χ1) is 8.67. The maximum Gasteiger partial charge on any atom is 0.166 e. The third-order valence-electron chi connectivity index (χ3n) is 2.46. The molecular weight excluding hydrogens is 337 g/mol. The van der Waals surface area contributed by atoms with E-state index in [1.165, 1.54) is 0 Å². The highest BCUT2D eigenvalue weighted by molar-refractivity contribution is 9.08. The molecule has 0 atom stereocenters. The van der Waals surface area contributed by atoms with Gasteiger partial charge in [0.1, 0.15) is 17.5 Å². The van der Waals surface area contributed by atoms with Gasteiger partial charge in [-0.1, -0.05) is 63.4 Å². The van der Waals surface area contributed by atoms with Crippen molar-refractivity contribution in [1.82, 2.24) is 9.55 Å². The van der Waals surface area contributed by atoms with Gasteiger partial charge in [-0.3, -0.25) is 4.57 Å². The van der Waals surface area contributed by atoms with Crippen LogP contribution >= 0.6 is 39.1 Å². The van der Waals surface area contributed by atoms with Crippen LogP contribution in [-0.2, 0) is 11.9 Å². The van der Waals surface area contributed by atoms with E-state index in [1.54, 1.807) is 4.57 Å². The minimum Gasteiger partial charge on any atom is -0.300 e. The molecule has 0 spiro atoms. The van der Waals surface area contributed by atoms with Crippen LogP contribution in [0.15, 0.2) is 24.3 Å². The number of nitriles is 1. The average molecular weight is 345 g/mol. The summed E-state index contributed by atoms with van der Waals surface area (Å²) in [5.41, 5.74) is 2.04. The molecule has 0 radical (unpaired) electrons. The Morgan fingerprint density at radius 1 is 1.28 bits per heavy atom. The molecule has 0 amide bonds. The summed E-state index contributed by atoms with van der Waals surface area (Å²) in [6.45, 7) is 0.119. The van der Waals surface area contributed by atoms with Crippen molar-refractivity contribution in [2.45, 2.75) is 11.9 Å². The van der Waals surface area contributed by atoms with Crippen molar-refractivity contribution in [2.75, 3.05) is 0 Å². The van der Waals surface area contributed by atoms with Gasteiger partial charge >= 0.3 is 0 Å². The van der Waals surface area contributed by atoms with E-state index in [2.05, 4.69) is 20.9 Å². The summed E-state index contributed by atoms with van der Waals surface area (Å²) in [5.74, 6) is 0.604. The van der Waals surface area contributed by atoms with Gasteiger partial charge in [-0.15, -0.1) is 0 Å². The van der Waals surface area contributed by atoms with Gasteiger partial charge in [0.2, 0.25) is 0 Å². The first-order valence-corrected chi connectivity index (χ1v) is 6.99. The molecule has 18 heavy (non-hydrogen) atoms. The van der Waals surface area contributed by atoms with E-state index in [9.17, 15) is 0 Å². The lowest BCUT2D eigenvalue weighted by molar-refractivity contribution is 0.841. The topological polar surface area (TPSA) is 41.6 Å². The predicted octanol–water partition coefficient (Wildman–Crippen LogP) is 4.28. The maximum absolute atomic E-state index is 8.80. The second-order valence-corrected chi connectivity index (χ2v) is 4.87. The summed E-state index contributed by atoms with van der Waals surface area (Å²) in [4.78, 5) is 4.19. The normalized spacial score (nSPS) is 10.3. The van der Waals surface area contributed by atoms with Crippen LogP contribution in [0.4, 0.5) is 0 Å². The Morgan fingerprint density at radius 3 is 2.50 bits per heavy atom. The van der Waals surface area contributed by atoms with Gasteiger partial charge in [0.05, 0.1) is 6.07 Å². The Balaban J connectivity index is 2.49. The lowest BCUT2D eigenvalue weighted by Gasteiger charge is -2.05. The molecule has 0 bridgehead atoms. The Kier molecular flexibility index (Phi) is 4.28. The van der Waals surface area contributed by atoms with Gasteiger partial charge in [-0.25, -0.2) is 4.98 Å². The molecule has 1 heterocycles. The van der Waals surface area contributed by atoms with Crippen LogP contribution < -0.4 is 0 Å². The summed E-state index contributed by atoms with van der Waals surface area (Å²) >= 11 is 15.3. The first-order valence-electron chi connectivity index (χ1n) is 5.11. The highest BCUT2D eigenvalue weighted by Gasteiger charge is 2.15. The van der Waals surface area contributed by atoms with Crippen LogP contribution in [0.1, 0.15) is 5.56 Å². The van der Waals surface area contributed by atoms with E-state index >= 15 is 0 Å². The first kappa shape index (κ1) is 13.4. The van der Waals surface area contributed by atoms with E-state index < -0.39 is 0 Å². The minimum absolute atomic E-state index is 0.119. The van der Waals surface area contributed by atoms with E-state index in [0.29, 0.717) is 5.82 Å². The smallest absolute Gasteiger partial charge is 0.166 e. The summed E-state index contributed by atoms with van der Waals surface area (Å²) in [7, 11) is 0. The standard InChI is InChI=1S/C12H8BrCl2N3/c13-7-8-1-3-9(4-2-8)12-17-10(14)11(15)18(12)6-5-16/h1-4H,6-7H2. The zero-order valence-electron chi connectivity index (χ0n) is 9.20. The summed E-state index contributed by atoms with van der Waals surface area (Å²) < 4.78 is 1.59. The predicted molar refractivity (Wildman–Crippen MR) is 75.9 cm³/mol. The Morgan fingerprint density at radius 2 is 1.94 bits per heavy atom. The van der Waals surface area contributed by atoms with Crippen LogP contribution in [0.5, 0.6) is 0 Å². The van der Waals surface area contributed by atoms with Crippen molar-refractivity contribution in [3.63, 3.8) is 0 Å². The average Bonchev–Trinajstić information content (AvgIpc) is 2.68. The molecule has 3 nitrogen and oxygen atoms in total. The van der Waals surface area contributed by atoms with E-state index in [0.717, 1.165) is 16.5 Å². The van der Waals surface area contributed by atoms with Gasteiger partial charge in [0.15, 0.2) is 5.15 Å². The van der Waals surface area contributed by atoms with Crippen molar-refractivity contribution in [2.24, 2.45) is 0 Å². The molecule has 0 fully saturated rings. The van der Waals surface area contributed by atoms with Gasteiger partial charge in [0.25, 0.3) is 0 Å². The molecule has 6 heteroatoms. The molecule has 0 aliphatic rings. The number of alkyl halides is 1. The van der Waals surface area contributed by atoms with Gasteiger partial charge in [0, 0.05) is 10.9 Å². The summed E-state index contributed by atoms with van der Waals surface area (Å²) in [6, 6.07) is 9.87. The van der Waals surface area contributed by atoms with Gasteiger partial charge < -0.3 is 0 Å². The van der Waals surface area contributed by atoms with Crippen LogP contribution in [-0.4, -0.2) is 9.55 Å². The number of hydrogen-bond acceptors (Lipinski definition) is 2. The molecule has 0 saturated heterocycles. The molecule has 0 saturated carbocycles. The van der Waals surface area contributed by atoms with Gasteiger partial charge in [-0.2, -0.15) is 5.26 Å². The van der Waals surface area contributed by atoms with Crippen LogP contribution in [0.25, 0.3) is 11.4 Å². The number of halogens is 3. The number of aromatic nitrogens is 2. The SMILES string of the molecule is N#CCn1c(-c2ccc(CBr)cc2)nc(Cl)c1Cl. The monoisotopic (exact) mass is 343 g/mol. The highest BCUT2D eigenvalue weighted by Crippen LogP contribution is 2.29. The lowest BCUT2D eigenvalue weighted by Crippen LogP contribution is -1.99. The van der Waals surface area contributed by atoms with Crippen LogP contribution in [0, 0.1) is 11.3 Å². The Labute approximate surface area is 123 Å². The fourth-order valence-electron chi connectivity index (χ4n) is 1.58. The van der Waals surface area contributed by atoms with Crippen molar-refractivity contribution < 1.29 is 0 Å². The molecule has 2 aromatic rings. The molecule has 1 aromatic carbocycles. The second kappa shape index (κ2) is 5.75. The Bertz CT molecular complexity index is 599. The van der Waals surface area contributed by atoms with E-state index in [1.807, 2.05) is 30.3 Å². The van der Waals surface area contributed by atoms with Crippen LogP contribution in [0.3, 0.4) is 0 Å². The number of nitrogens with zero attached hydrogens (tertiary/aromatic N) is 3. The largest absolute Gasteiger partial charge is 0.300 e. The molecule has 0 aliphatic carbocycles. The molecule has 0 N–H and O–H groups in total. The summed E-state index contributed by atoms with van der Waals surface area (Å²) in [6.07, 6.45) is 0. The zero-order valence-corrected chi connectivity index (χ0v) is 12.3. The van der Waals surface area contributed by atoms with E-state index in [4.69, 9.17) is 28.5 Å². The lowest BCUT2D eigenvalue weighted by atomic mass is 10.1. The third-order valence-corrected chi connectivity index (χ3v) is 3.85. The van der Waals surface area contributed by atoms with Crippen molar-refractivity contribution in [3.05, 3.63) is 40.1 Å². The van der Waals surface area contributed by atoms with Crippen molar-refractivity contribution in [1.29, 1.82) is 5.26 Å². The fraction of sp³-hybridized carbons (Fsp3) is 0.167. The fourth-order valence-corrected chi connectivity index (χ4v) is 2.32. The highest BCUT2D eigenvalue weighted by atomic mass is 79.9. The number of imidazole rings is 1. The van der Waals surface area contributed by atoms with Gasteiger partial charge in [-0.05, 0) is 5.56 Å². The molecule has 0 unspecified atom stereocenters. The number of benzene rings is 1. The third kappa shape index (κ3) is 2.54.